The first-order valence-electron chi connectivity index (χ1n) is 6.41. The Morgan fingerprint density at radius 2 is 2.32 bits per heavy atom. The molecule has 5 nitrogen and oxygen atoms in total. The molecule has 0 saturated carbocycles. The van der Waals surface area contributed by atoms with Gasteiger partial charge in [-0.1, -0.05) is 6.92 Å². The molecule has 2 rings (SSSR count). The Hall–Kier alpha value is -1.69. The molecule has 1 aromatic rings. The number of benzene rings is 1. The molecule has 1 aromatic carbocycles. The minimum atomic E-state index is -0.601. The highest BCUT2D eigenvalue weighted by atomic mass is 19.1. The van der Waals surface area contributed by atoms with Gasteiger partial charge in [0.1, 0.15) is 5.82 Å². The summed E-state index contributed by atoms with van der Waals surface area (Å²) in [5, 5.41) is 13.8. The third kappa shape index (κ3) is 3.64. The molecule has 19 heavy (non-hydrogen) atoms. The summed E-state index contributed by atoms with van der Waals surface area (Å²) in [5.41, 5.74) is 0.218. The van der Waals surface area contributed by atoms with Crippen molar-refractivity contribution in [3.63, 3.8) is 0 Å². The zero-order chi connectivity index (χ0) is 13.8. The molecule has 0 amide bonds. The molecule has 1 aliphatic heterocycles. The first kappa shape index (κ1) is 13.7. The van der Waals surface area contributed by atoms with Crippen LogP contribution < -0.4 is 5.32 Å². The lowest BCUT2D eigenvalue weighted by Gasteiger charge is -2.30. The van der Waals surface area contributed by atoms with Gasteiger partial charge < -0.3 is 10.1 Å². The van der Waals surface area contributed by atoms with E-state index in [4.69, 9.17) is 4.74 Å². The van der Waals surface area contributed by atoms with Crippen LogP contribution in [0.5, 0.6) is 0 Å². The van der Waals surface area contributed by atoms with E-state index < -0.39 is 10.7 Å². The van der Waals surface area contributed by atoms with Crippen molar-refractivity contribution < 1.29 is 14.1 Å². The summed E-state index contributed by atoms with van der Waals surface area (Å²) < 4.78 is 18.9. The van der Waals surface area contributed by atoms with Crippen LogP contribution in [-0.2, 0) is 4.74 Å². The number of nitrogens with one attached hydrogen (secondary N) is 1. The fourth-order valence-electron chi connectivity index (χ4n) is 2.29. The van der Waals surface area contributed by atoms with E-state index in [2.05, 4.69) is 12.2 Å². The van der Waals surface area contributed by atoms with Crippen molar-refractivity contribution in [2.75, 3.05) is 11.9 Å². The zero-order valence-corrected chi connectivity index (χ0v) is 10.8. The van der Waals surface area contributed by atoms with Crippen LogP contribution in [0.3, 0.4) is 0 Å². The number of hydrogen-bond donors (Lipinski definition) is 1. The maximum atomic E-state index is 13.3. The Morgan fingerprint density at radius 3 is 3.00 bits per heavy atom. The maximum absolute atomic E-state index is 13.3. The molecule has 1 fully saturated rings. The van der Waals surface area contributed by atoms with Gasteiger partial charge in [0.15, 0.2) is 0 Å². The molecule has 1 N–H and O–H groups in total. The molecule has 0 aromatic heterocycles. The number of anilines is 1. The van der Waals surface area contributed by atoms with E-state index in [0.29, 0.717) is 12.3 Å². The Kier molecular flexibility index (Phi) is 4.31. The number of hydrogen-bond acceptors (Lipinski definition) is 4. The standard InChI is InChI=1S/C13H17FN2O3/c1-2-13-8-10(3-4-19-13)15-11-5-9(14)6-12(7-11)16(17)18/h5-7,10,13,15H,2-4,8H2,1H3. The normalized spacial score (nSPS) is 23.1. The SMILES string of the molecule is CCC1CC(Nc2cc(F)cc([N+](=O)[O-])c2)CCO1. The topological polar surface area (TPSA) is 64.4 Å². The molecule has 1 heterocycles. The van der Waals surface area contributed by atoms with E-state index in [-0.39, 0.29) is 17.8 Å². The van der Waals surface area contributed by atoms with Crippen LogP contribution in [0, 0.1) is 15.9 Å². The average Bonchev–Trinajstić information content (AvgIpc) is 2.38. The van der Waals surface area contributed by atoms with Gasteiger partial charge in [0, 0.05) is 24.4 Å². The molecule has 0 bridgehead atoms. The summed E-state index contributed by atoms with van der Waals surface area (Å²) >= 11 is 0. The Balaban J connectivity index is 2.08. The molecule has 104 valence electrons. The van der Waals surface area contributed by atoms with Crippen LogP contribution >= 0.6 is 0 Å². The summed E-state index contributed by atoms with van der Waals surface area (Å²) in [6, 6.07) is 3.73. The van der Waals surface area contributed by atoms with Crippen LogP contribution in [-0.4, -0.2) is 23.7 Å². The summed E-state index contributed by atoms with van der Waals surface area (Å²) in [7, 11) is 0. The summed E-state index contributed by atoms with van der Waals surface area (Å²) in [5.74, 6) is -0.601. The van der Waals surface area contributed by atoms with Crippen LogP contribution in [0.25, 0.3) is 0 Å². The molecule has 2 atom stereocenters. The number of nitro benzene ring substituents is 1. The van der Waals surface area contributed by atoms with Crippen molar-refractivity contribution >= 4 is 11.4 Å². The quantitative estimate of drug-likeness (QED) is 0.673. The maximum Gasteiger partial charge on any atom is 0.274 e. The van der Waals surface area contributed by atoms with E-state index in [1.807, 2.05) is 0 Å². The van der Waals surface area contributed by atoms with Gasteiger partial charge in [-0.2, -0.15) is 0 Å². The van der Waals surface area contributed by atoms with E-state index >= 15 is 0 Å². The molecule has 0 spiro atoms. The summed E-state index contributed by atoms with van der Waals surface area (Å²) in [6.45, 7) is 2.72. The second kappa shape index (κ2) is 5.97. The van der Waals surface area contributed by atoms with E-state index in [1.165, 1.54) is 12.1 Å². The third-order valence-electron chi connectivity index (χ3n) is 3.29. The first-order chi connectivity index (χ1) is 9.08. The van der Waals surface area contributed by atoms with Gasteiger partial charge in [-0.05, 0) is 25.3 Å². The number of halogens is 1. The number of nitrogens with zero attached hydrogens (tertiary/aromatic N) is 1. The molecular formula is C13H17FN2O3. The number of rotatable bonds is 4. The molecule has 2 unspecified atom stereocenters. The predicted molar refractivity (Wildman–Crippen MR) is 69.7 cm³/mol. The summed E-state index contributed by atoms with van der Waals surface area (Å²) in [4.78, 5) is 10.1. The van der Waals surface area contributed by atoms with Gasteiger partial charge in [0.05, 0.1) is 17.1 Å². The van der Waals surface area contributed by atoms with Crippen LogP contribution in [0.2, 0.25) is 0 Å². The lowest BCUT2D eigenvalue weighted by atomic mass is 10.0. The van der Waals surface area contributed by atoms with Gasteiger partial charge >= 0.3 is 0 Å². The van der Waals surface area contributed by atoms with Gasteiger partial charge in [-0.15, -0.1) is 0 Å². The van der Waals surface area contributed by atoms with Crippen molar-refractivity contribution in [2.45, 2.75) is 38.3 Å². The van der Waals surface area contributed by atoms with E-state index in [1.54, 1.807) is 0 Å². The molecule has 0 radical (unpaired) electrons. The van der Waals surface area contributed by atoms with Crippen molar-refractivity contribution in [2.24, 2.45) is 0 Å². The van der Waals surface area contributed by atoms with Gasteiger partial charge in [-0.3, -0.25) is 10.1 Å². The second-order valence-corrected chi connectivity index (χ2v) is 4.72. The van der Waals surface area contributed by atoms with E-state index in [0.717, 1.165) is 25.3 Å². The van der Waals surface area contributed by atoms with Gasteiger partial charge in [-0.25, -0.2) is 4.39 Å². The van der Waals surface area contributed by atoms with Gasteiger partial charge in [0.2, 0.25) is 0 Å². The summed E-state index contributed by atoms with van der Waals surface area (Å²) in [6.07, 6.45) is 2.79. The van der Waals surface area contributed by atoms with Crippen LogP contribution in [0.15, 0.2) is 18.2 Å². The van der Waals surface area contributed by atoms with Crippen LogP contribution in [0.1, 0.15) is 26.2 Å². The Bertz CT molecular complexity index is 467. The monoisotopic (exact) mass is 268 g/mol. The largest absolute Gasteiger partial charge is 0.382 e. The smallest absolute Gasteiger partial charge is 0.274 e. The lowest BCUT2D eigenvalue weighted by Crippen LogP contribution is -2.33. The predicted octanol–water partition coefficient (Wildman–Crippen LogP) is 3.10. The minimum absolute atomic E-state index is 0.167. The molecular weight excluding hydrogens is 251 g/mol. The fourth-order valence-corrected chi connectivity index (χ4v) is 2.29. The number of ether oxygens (including phenoxy) is 1. The number of nitro groups is 1. The lowest BCUT2D eigenvalue weighted by molar-refractivity contribution is -0.385. The first-order valence-corrected chi connectivity index (χ1v) is 6.41. The van der Waals surface area contributed by atoms with Crippen molar-refractivity contribution in [3.05, 3.63) is 34.1 Å². The minimum Gasteiger partial charge on any atom is -0.382 e. The van der Waals surface area contributed by atoms with E-state index in [9.17, 15) is 14.5 Å². The molecule has 6 heteroatoms. The van der Waals surface area contributed by atoms with Crippen LogP contribution in [0.4, 0.5) is 15.8 Å². The third-order valence-corrected chi connectivity index (χ3v) is 3.29. The zero-order valence-electron chi connectivity index (χ0n) is 10.8. The highest BCUT2D eigenvalue weighted by molar-refractivity contribution is 5.52. The van der Waals surface area contributed by atoms with Crippen molar-refractivity contribution in [1.82, 2.24) is 0 Å². The molecule has 1 saturated heterocycles. The molecule has 0 aliphatic carbocycles. The van der Waals surface area contributed by atoms with Crippen molar-refractivity contribution in [3.8, 4) is 0 Å². The van der Waals surface area contributed by atoms with Gasteiger partial charge in [0.25, 0.3) is 5.69 Å². The second-order valence-electron chi connectivity index (χ2n) is 4.72. The van der Waals surface area contributed by atoms with Crippen molar-refractivity contribution in [1.29, 1.82) is 0 Å². The highest BCUT2D eigenvalue weighted by Gasteiger charge is 2.21. The highest BCUT2D eigenvalue weighted by Crippen LogP contribution is 2.24. The average molecular weight is 268 g/mol. The Labute approximate surface area is 110 Å². The number of non-ortho nitro benzene ring substituents is 1. The fraction of sp³-hybridized carbons (Fsp3) is 0.538. The Morgan fingerprint density at radius 1 is 1.53 bits per heavy atom. The molecule has 1 aliphatic rings.